The predicted octanol–water partition coefficient (Wildman–Crippen LogP) is 4.19. The van der Waals surface area contributed by atoms with Crippen LogP contribution in [0.1, 0.15) is 23.6 Å². The van der Waals surface area contributed by atoms with Gasteiger partial charge in [-0.1, -0.05) is 18.2 Å². The van der Waals surface area contributed by atoms with Crippen LogP contribution in [0.4, 0.5) is 15.8 Å². The van der Waals surface area contributed by atoms with Crippen LogP contribution in [-0.2, 0) is 4.79 Å². The summed E-state index contributed by atoms with van der Waals surface area (Å²) in [5.74, 6) is -0.443. The maximum atomic E-state index is 13.5. The van der Waals surface area contributed by atoms with Crippen LogP contribution in [0.25, 0.3) is 0 Å². The highest BCUT2D eigenvalue weighted by molar-refractivity contribution is 5.96. The number of halogens is 1. The third-order valence-electron chi connectivity index (χ3n) is 3.60. The van der Waals surface area contributed by atoms with E-state index in [0.29, 0.717) is 11.3 Å². The lowest BCUT2D eigenvalue weighted by Gasteiger charge is -2.17. The third-order valence-corrected chi connectivity index (χ3v) is 3.60. The van der Waals surface area contributed by atoms with E-state index in [9.17, 15) is 9.18 Å². The Morgan fingerprint density at radius 1 is 1.05 bits per heavy atom. The maximum Gasteiger partial charge on any atom is 0.246 e. The summed E-state index contributed by atoms with van der Waals surface area (Å²) in [4.78, 5) is 12.3. The molecule has 3 nitrogen and oxygen atoms in total. The Morgan fingerprint density at radius 2 is 1.73 bits per heavy atom. The number of anilines is 2. The zero-order chi connectivity index (χ0) is 16.3. The van der Waals surface area contributed by atoms with Crippen LogP contribution < -0.4 is 10.6 Å². The number of carbonyl (C=O) groups excluding carboxylic acids is 1. The molecule has 2 rings (SSSR count). The van der Waals surface area contributed by atoms with Gasteiger partial charge < -0.3 is 10.6 Å². The van der Waals surface area contributed by atoms with Crippen molar-refractivity contribution in [3.63, 3.8) is 0 Å². The number of nitrogens with one attached hydrogen (secondary N) is 2. The molecule has 2 N–H and O–H groups in total. The van der Waals surface area contributed by atoms with Crippen LogP contribution in [0.15, 0.2) is 36.4 Å². The van der Waals surface area contributed by atoms with Gasteiger partial charge in [0.25, 0.3) is 0 Å². The van der Waals surface area contributed by atoms with E-state index in [1.54, 1.807) is 26.0 Å². The minimum atomic E-state index is -0.470. The Balaban J connectivity index is 2.05. The van der Waals surface area contributed by atoms with Gasteiger partial charge in [0.05, 0.1) is 0 Å². The fourth-order valence-electron chi connectivity index (χ4n) is 2.11. The lowest BCUT2D eigenvalue weighted by atomic mass is 10.1. The molecule has 1 amide bonds. The predicted molar refractivity (Wildman–Crippen MR) is 88.8 cm³/mol. The van der Waals surface area contributed by atoms with Crippen LogP contribution in [0.2, 0.25) is 0 Å². The smallest absolute Gasteiger partial charge is 0.246 e. The molecule has 0 aliphatic rings. The molecule has 4 heteroatoms. The summed E-state index contributed by atoms with van der Waals surface area (Å²) in [5, 5.41) is 5.91. The van der Waals surface area contributed by atoms with Gasteiger partial charge in [0.15, 0.2) is 0 Å². The number of benzene rings is 2. The van der Waals surface area contributed by atoms with Gasteiger partial charge in [-0.15, -0.1) is 0 Å². The summed E-state index contributed by atoms with van der Waals surface area (Å²) in [6.07, 6.45) is 0. The molecule has 2 aromatic rings. The standard InChI is InChI=1S/C18H21FN2O/c1-11-5-6-13(3)17(9-11)21-18(22)14(4)20-15-8-7-12(2)16(19)10-15/h5-10,14,20H,1-4H3,(H,21,22). The summed E-state index contributed by atoms with van der Waals surface area (Å²) in [5.41, 5.74) is 4.06. The first-order chi connectivity index (χ1) is 10.4. The fourth-order valence-corrected chi connectivity index (χ4v) is 2.11. The van der Waals surface area contributed by atoms with Crippen molar-refractivity contribution in [3.05, 3.63) is 58.9 Å². The molecule has 22 heavy (non-hydrogen) atoms. The molecule has 0 aliphatic heterocycles. The van der Waals surface area contributed by atoms with Gasteiger partial charge in [0.1, 0.15) is 11.9 Å². The summed E-state index contributed by atoms with van der Waals surface area (Å²) in [6, 6.07) is 10.3. The van der Waals surface area contributed by atoms with E-state index in [1.807, 2.05) is 32.0 Å². The van der Waals surface area contributed by atoms with E-state index >= 15 is 0 Å². The van der Waals surface area contributed by atoms with Crippen molar-refractivity contribution in [2.75, 3.05) is 10.6 Å². The molecule has 0 saturated heterocycles. The first kappa shape index (κ1) is 16.0. The van der Waals surface area contributed by atoms with Gasteiger partial charge in [0, 0.05) is 11.4 Å². The lowest BCUT2D eigenvalue weighted by molar-refractivity contribution is -0.116. The van der Waals surface area contributed by atoms with Gasteiger partial charge in [0.2, 0.25) is 5.91 Å². The topological polar surface area (TPSA) is 41.1 Å². The van der Waals surface area contributed by atoms with Crippen molar-refractivity contribution in [1.82, 2.24) is 0 Å². The molecule has 0 spiro atoms. The number of rotatable bonds is 4. The Kier molecular flexibility index (Phi) is 4.81. The molecule has 0 heterocycles. The van der Waals surface area contributed by atoms with E-state index < -0.39 is 6.04 Å². The monoisotopic (exact) mass is 300 g/mol. The highest BCUT2D eigenvalue weighted by Crippen LogP contribution is 2.18. The van der Waals surface area contributed by atoms with Crippen molar-refractivity contribution in [3.8, 4) is 0 Å². The molecule has 0 saturated carbocycles. The third kappa shape index (κ3) is 3.85. The molecule has 0 bridgehead atoms. The average Bonchev–Trinajstić information content (AvgIpc) is 2.46. The van der Waals surface area contributed by atoms with Crippen LogP contribution in [-0.4, -0.2) is 11.9 Å². The molecule has 116 valence electrons. The second kappa shape index (κ2) is 6.60. The molecule has 1 unspecified atom stereocenters. The van der Waals surface area contributed by atoms with Gasteiger partial charge in [-0.25, -0.2) is 4.39 Å². The second-order valence-corrected chi connectivity index (χ2v) is 5.64. The molecular weight excluding hydrogens is 279 g/mol. The number of hydrogen-bond donors (Lipinski definition) is 2. The van der Waals surface area contributed by atoms with Gasteiger partial charge in [-0.05, 0) is 62.6 Å². The van der Waals surface area contributed by atoms with Crippen molar-refractivity contribution in [2.45, 2.75) is 33.7 Å². The van der Waals surface area contributed by atoms with E-state index in [1.165, 1.54) is 6.07 Å². The van der Waals surface area contributed by atoms with Crippen molar-refractivity contribution in [1.29, 1.82) is 0 Å². The summed E-state index contributed by atoms with van der Waals surface area (Å²) in [6.45, 7) is 7.38. The maximum absolute atomic E-state index is 13.5. The zero-order valence-corrected chi connectivity index (χ0v) is 13.3. The molecule has 0 radical (unpaired) electrons. The van der Waals surface area contributed by atoms with Crippen LogP contribution in [0.3, 0.4) is 0 Å². The minimum absolute atomic E-state index is 0.158. The molecule has 1 atom stereocenters. The van der Waals surface area contributed by atoms with Gasteiger partial charge in [-0.3, -0.25) is 4.79 Å². The number of aryl methyl sites for hydroxylation is 3. The van der Waals surface area contributed by atoms with Crippen molar-refractivity contribution < 1.29 is 9.18 Å². The van der Waals surface area contributed by atoms with Crippen molar-refractivity contribution in [2.24, 2.45) is 0 Å². The van der Waals surface area contributed by atoms with E-state index in [-0.39, 0.29) is 11.7 Å². The van der Waals surface area contributed by atoms with E-state index in [4.69, 9.17) is 0 Å². The Morgan fingerprint density at radius 3 is 2.41 bits per heavy atom. The number of carbonyl (C=O) groups is 1. The Hall–Kier alpha value is -2.36. The molecular formula is C18H21FN2O. The first-order valence-electron chi connectivity index (χ1n) is 7.27. The van der Waals surface area contributed by atoms with Crippen LogP contribution >= 0.6 is 0 Å². The highest BCUT2D eigenvalue weighted by atomic mass is 19.1. The summed E-state index contributed by atoms with van der Waals surface area (Å²) in [7, 11) is 0. The minimum Gasteiger partial charge on any atom is -0.374 e. The largest absolute Gasteiger partial charge is 0.374 e. The number of hydrogen-bond acceptors (Lipinski definition) is 2. The Bertz CT molecular complexity index is 697. The summed E-state index contributed by atoms with van der Waals surface area (Å²) < 4.78 is 13.5. The number of amides is 1. The quantitative estimate of drug-likeness (QED) is 0.889. The lowest BCUT2D eigenvalue weighted by Crippen LogP contribution is -2.32. The highest BCUT2D eigenvalue weighted by Gasteiger charge is 2.14. The molecule has 2 aromatic carbocycles. The second-order valence-electron chi connectivity index (χ2n) is 5.64. The molecule has 0 fully saturated rings. The SMILES string of the molecule is Cc1ccc(C)c(NC(=O)C(C)Nc2ccc(C)c(F)c2)c1. The molecule has 0 aliphatic carbocycles. The first-order valence-corrected chi connectivity index (χ1v) is 7.27. The van der Waals surface area contributed by atoms with Gasteiger partial charge >= 0.3 is 0 Å². The zero-order valence-electron chi connectivity index (χ0n) is 13.3. The van der Waals surface area contributed by atoms with E-state index in [2.05, 4.69) is 10.6 Å². The Labute approximate surface area is 130 Å². The average molecular weight is 300 g/mol. The summed E-state index contributed by atoms with van der Waals surface area (Å²) >= 11 is 0. The fraction of sp³-hybridized carbons (Fsp3) is 0.278. The van der Waals surface area contributed by atoms with Crippen molar-refractivity contribution >= 4 is 17.3 Å². The molecule has 0 aromatic heterocycles. The van der Waals surface area contributed by atoms with Crippen LogP contribution in [0, 0.1) is 26.6 Å². The normalized spacial score (nSPS) is 11.9. The van der Waals surface area contributed by atoms with E-state index in [0.717, 1.165) is 16.8 Å². The van der Waals surface area contributed by atoms with Gasteiger partial charge in [-0.2, -0.15) is 0 Å². The van der Waals surface area contributed by atoms with Crippen LogP contribution in [0.5, 0.6) is 0 Å².